The van der Waals surface area contributed by atoms with Gasteiger partial charge in [0.15, 0.2) is 0 Å². The van der Waals surface area contributed by atoms with Gasteiger partial charge in [0, 0.05) is 13.1 Å². The van der Waals surface area contributed by atoms with Crippen molar-refractivity contribution in [2.75, 3.05) is 26.3 Å². The van der Waals surface area contributed by atoms with Crippen molar-refractivity contribution in [1.29, 1.82) is 0 Å². The topological polar surface area (TPSA) is 49.8 Å². The van der Waals surface area contributed by atoms with Crippen LogP contribution in [-0.4, -0.2) is 42.4 Å². The summed E-state index contributed by atoms with van der Waals surface area (Å²) in [4.78, 5) is 12.4. The lowest BCUT2D eigenvalue weighted by Crippen LogP contribution is -2.33. The third-order valence-electron chi connectivity index (χ3n) is 1.28. The van der Waals surface area contributed by atoms with E-state index in [0.717, 1.165) is 0 Å². The van der Waals surface area contributed by atoms with Crippen LogP contribution in [-0.2, 0) is 4.74 Å². The zero-order valence-electron chi connectivity index (χ0n) is 7.04. The minimum atomic E-state index is -0.357. The largest absolute Gasteiger partial charge is 0.450 e. The molecule has 0 aliphatic rings. The van der Waals surface area contributed by atoms with Gasteiger partial charge >= 0.3 is 6.09 Å². The predicted molar refractivity (Wildman–Crippen MR) is 41.4 cm³/mol. The first-order valence-corrected chi connectivity index (χ1v) is 3.78. The summed E-state index contributed by atoms with van der Waals surface area (Å²) < 4.78 is 4.72. The average molecular weight is 161 g/mol. The van der Waals surface area contributed by atoms with E-state index in [4.69, 9.17) is 9.84 Å². The summed E-state index contributed by atoms with van der Waals surface area (Å²) in [7, 11) is 0. The Morgan fingerprint density at radius 3 is 2.55 bits per heavy atom. The Labute approximate surface area is 66.8 Å². The molecule has 0 atom stereocenters. The van der Waals surface area contributed by atoms with Gasteiger partial charge in [-0.05, 0) is 13.8 Å². The number of aliphatic hydroxyl groups is 1. The van der Waals surface area contributed by atoms with Crippen LogP contribution in [0.3, 0.4) is 0 Å². The van der Waals surface area contributed by atoms with E-state index in [1.807, 2.05) is 6.92 Å². The highest BCUT2D eigenvalue weighted by Gasteiger charge is 2.10. The molecule has 0 unspecified atom stereocenters. The molecule has 0 radical (unpaired) electrons. The van der Waals surface area contributed by atoms with Gasteiger partial charge in [0.2, 0.25) is 0 Å². The van der Waals surface area contributed by atoms with Crippen LogP contribution in [0.25, 0.3) is 0 Å². The maximum atomic E-state index is 11.0. The number of aliphatic hydroxyl groups excluding tert-OH is 1. The molecule has 4 nitrogen and oxygen atoms in total. The summed E-state index contributed by atoms with van der Waals surface area (Å²) in [6.07, 6.45) is -0.357. The van der Waals surface area contributed by atoms with Gasteiger partial charge in [-0.2, -0.15) is 0 Å². The summed E-state index contributed by atoms with van der Waals surface area (Å²) in [5.41, 5.74) is 0. The van der Waals surface area contributed by atoms with E-state index in [2.05, 4.69) is 0 Å². The third kappa shape index (κ3) is 3.83. The van der Waals surface area contributed by atoms with Crippen LogP contribution in [0, 0.1) is 0 Å². The number of likely N-dealkylation sites (N-methyl/N-ethyl adjacent to an activating group) is 1. The summed E-state index contributed by atoms with van der Waals surface area (Å²) in [5.74, 6) is 0. The minimum absolute atomic E-state index is 0.0212. The first-order valence-electron chi connectivity index (χ1n) is 3.78. The van der Waals surface area contributed by atoms with E-state index in [-0.39, 0.29) is 12.7 Å². The molecule has 11 heavy (non-hydrogen) atoms. The fourth-order valence-corrected chi connectivity index (χ4v) is 0.714. The summed E-state index contributed by atoms with van der Waals surface area (Å²) in [6, 6.07) is 0. The molecule has 0 heterocycles. The van der Waals surface area contributed by atoms with Crippen LogP contribution >= 0.6 is 0 Å². The van der Waals surface area contributed by atoms with Crippen LogP contribution in [0.15, 0.2) is 0 Å². The van der Waals surface area contributed by atoms with Crippen LogP contribution in [0.5, 0.6) is 0 Å². The van der Waals surface area contributed by atoms with Crippen molar-refractivity contribution >= 4 is 6.09 Å². The second kappa shape index (κ2) is 5.97. The van der Waals surface area contributed by atoms with Crippen molar-refractivity contribution in [3.05, 3.63) is 0 Å². The second-order valence-electron chi connectivity index (χ2n) is 2.00. The van der Waals surface area contributed by atoms with Crippen molar-refractivity contribution in [2.24, 2.45) is 0 Å². The number of carbonyl (C=O) groups is 1. The molecule has 0 fully saturated rings. The molecule has 1 N–H and O–H groups in total. The fourth-order valence-electron chi connectivity index (χ4n) is 0.714. The zero-order chi connectivity index (χ0) is 8.69. The van der Waals surface area contributed by atoms with Gasteiger partial charge in [-0.15, -0.1) is 0 Å². The van der Waals surface area contributed by atoms with Crippen molar-refractivity contribution < 1.29 is 14.6 Å². The fraction of sp³-hybridized carbons (Fsp3) is 0.857. The number of amides is 1. The minimum Gasteiger partial charge on any atom is -0.450 e. The quantitative estimate of drug-likeness (QED) is 0.651. The molecule has 0 saturated carbocycles. The number of ether oxygens (including phenoxy) is 1. The smallest absolute Gasteiger partial charge is 0.409 e. The van der Waals surface area contributed by atoms with Gasteiger partial charge < -0.3 is 14.7 Å². The Kier molecular flexibility index (Phi) is 5.56. The van der Waals surface area contributed by atoms with Gasteiger partial charge in [-0.25, -0.2) is 4.79 Å². The van der Waals surface area contributed by atoms with Gasteiger partial charge in [0.05, 0.1) is 13.2 Å². The molecule has 4 heteroatoms. The summed E-state index contributed by atoms with van der Waals surface area (Å²) >= 11 is 0. The van der Waals surface area contributed by atoms with Gasteiger partial charge in [-0.1, -0.05) is 0 Å². The average Bonchev–Trinajstić information content (AvgIpc) is 2.00. The van der Waals surface area contributed by atoms with Crippen LogP contribution in [0.1, 0.15) is 13.8 Å². The van der Waals surface area contributed by atoms with E-state index < -0.39 is 0 Å². The molecular weight excluding hydrogens is 146 g/mol. The normalized spacial score (nSPS) is 9.36. The number of carbonyl (C=O) groups excluding carboxylic acids is 1. The Bertz CT molecular complexity index is 116. The Hall–Kier alpha value is -0.770. The first kappa shape index (κ1) is 10.2. The second-order valence-corrected chi connectivity index (χ2v) is 2.00. The molecule has 0 aromatic rings. The Morgan fingerprint density at radius 2 is 2.18 bits per heavy atom. The number of nitrogens with zero attached hydrogens (tertiary/aromatic N) is 1. The zero-order valence-corrected chi connectivity index (χ0v) is 7.04. The molecule has 0 saturated heterocycles. The maximum Gasteiger partial charge on any atom is 0.409 e. The Balaban J connectivity index is 3.71. The molecular formula is C7H15NO3. The molecule has 0 bridgehead atoms. The summed E-state index contributed by atoms with van der Waals surface area (Å²) in [5, 5.41) is 8.54. The monoisotopic (exact) mass is 161 g/mol. The van der Waals surface area contributed by atoms with Crippen LogP contribution in [0.4, 0.5) is 4.79 Å². The van der Waals surface area contributed by atoms with E-state index in [1.165, 1.54) is 4.90 Å². The van der Waals surface area contributed by atoms with E-state index in [0.29, 0.717) is 19.7 Å². The Morgan fingerprint density at radius 1 is 1.55 bits per heavy atom. The van der Waals surface area contributed by atoms with Crippen molar-refractivity contribution in [1.82, 2.24) is 4.90 Å². The molecule has 66 valence electrons. The van der Waals surface area contributed by atoms with Crippen molar-refractivity contribution in [2.45, 2.75) is 13.8 Å². The maximum absolute atomic E-state index is 11.0. The highest BCUT2D eigenvalue weighted by atomic mass is 16.6. The molecule has 0 aliphatic heterocycles. The standard InChI is InChI=1S/C7H15NO3/c1-3-8(5-6-9)7(10)11-4-2/h9H,3-6H2,1-2H3. The van der Waals surface area contributed by atoms with Gasteiger partial charge in [0.25, 0.3) is 0 Å². The van der Waals surface area contributed by atoms with Crippen LogP contribution in [0.2, 0.25) is 0 Å². The van der Waals surface area contributed by atoms with E-state index >= 15 is 0 Å². The molecule has 0 rings (SSSR count). The van der Waals surface area contributed by atoms with Crippen molar-refractivity contribution in [3.63, 3.8) is 0 Å². The van der Waals surface area contributed by atoms with E-state index in [9.17, 15) is 4.79 Å². The molecule has 0 spiro atoms. The highest BCUT2D eigenvalue weighted by Crippen LogP contribution is 1.92. The van der Waals surface area contributed by atoms with Gasteiger partial charge in [-0.3, -0.25) is 0 Å². The van der Waals surface area contributed by atoms with Gasteiger partial charge in [0.1, 0.15) is 0 Å². The molecule has 1 amide bonds. The molecule has 0 aliphatic carbocycles. The lowest BCUT2D eigenvalue weighted by molar-refractivity contribution is 0.101. The predicted octanol–water partition coefficient (Wildman–Crippen LogP) is 0.457. The highest BCUT2D eigenvalue weighted by molar-refractivity contribution is 5.67. The third-order valence-corrected chi connectivity index (χ3v) is 1.28. The number of rotatable bonds is 4. The number of hydrogen-bond donors (Lipinski definition) is 1. The molecule has 0 aromatic heterocycles. The van der Waals surface area contributed by atoms with Crippen molar-refractivity contribution in [3.8, 4) is 0 Å². The van der Waals surface area contributed by atoms with E-state index in [1.54, 1.807) is 6.92 Å². The summed E-state index contributed by atoms with van der Waals surface area (Å²) in [6.45, 7) is 4.86. The first-order chi connectivity index (χ1) is 5.26. The lowest BCUT2D eigenvalue weighted by Gasteiger charge is -2.18. The SMILES string of the molecule is CCOC(=O)N(CC)CCO. The lowest BCUT2D eigenvalue weighted by atomic mass is 10.5. The molecule has 0 aromatic carbocycles. The van der Waals surface area contributed by atoms with Crippen LogP contribution < -0.4 is 0 Å². The number of hydrogen-bond acceptors (Lipinski definition) is 3.